The van der Waals surface area contributed by atoms with E-state index in [2.05, 4.69) is 6.92 Å². The molecule has 2 N–H and O–H groups in total. The Morgan fingerprint density at radius 1 is 1.00 bits per heavy atom. The molecule has 1 aliphatic rings. The van der Waals surface area contributed by atoms with Gasteiger partial charge in [0, 0.05) is 6.42 Å². The summed E-state index contributed by atoms with van der Waals surface area (Å²) in [5, 5.41) is 20.2. The van der Waals surface area contributed by atoms with Crippen LogP contribution in [0, 0.1) is 0 Å². The quantitative estimate of drug-likeness (QED) is 0.126. The number of thioether (sulfide) groups is 2. The second kappa shape index (κ2) is 17.3. The molecule has 35 heavy (non-hydrogen) atoms. The van der Waals surface area contributed by atoms with Crippen molar-refractivity contribution in [3.63, 3.8) is 0 Å². The van der Waals surface area contributed by atoms with Crippen LogP contribution in [0.15, 0.2) is 24.3 Å². The third-order valence-corrected chi connectivity index (χ3v) is 9.85. The number of aromatic hydroxyl groups is 1. The molecule has 1 aliphatic heterocycles. The SMILES string of the molecule is CCCCCCCCCCOC(=O)CC(=O)C[C@H](O)CC1(CCc2ccc(O)cc2)SCCCS1. The van der Waals surface area contributed by atoms with E-state index >= 15 is 0 Å². The summed E-state index contributed by atoms with van der Waals surface area (Å²) in [5.41, 5.74) is 1.15. The van der Waals surface area contributed by atoms with Crippen LogP contribution in [0.5, 0.6) is 5.75 Å². The Kier molecular flexibility index (Phi) is 14.9. The van der Waals surface area contributed by atoms with E-state index in [4.69, 9.17) is 4.74 Å². The van der Waals surface area contributed by atoms with Crippen molar-refractivity contribution < 1.29 is 24.5 Å². The first-order chi connectivity index (χ1) is 16.9. The molecule has 0 aliphatic carbocycles. The molecule has 1 aromatic carbocycles. The monoisotopic (exact) mass is 524 g/mol. The average Bonchev–Trinajstić information content (AvgIpc) is 2.83. The van der Waals surface area contributed by atoms with Crippen molar-refractivity contribution >= 4 is 35.3 Å². The van der Waals surface area contributed by atoms with Gasteiger partial charge in [-0.15, -0.1) is 23.5 Å². The fraction of sp³-hybridized carbons (Fsp3) is 0.714. The van der Waals surface area contributed by atoms with Crippen LogP contribution < -0.4 is 0 Å². The van der Waals surface area contributed by atoms with E-state index < -0.39 is 12.1 Å². The first kappa shape index (κ1) is 30.0. The van der Waals surface area contributed by atoms with Gasteiger partial charge in [0.1, 0.15) is 18.0 Å². The number of rotatable bonds is 18. The van der Waals surface area contributed by atoms with Crippen LogP contribution in [-0.2, 0) is 20.7 Å². The molecule has 1 saturated heterocycles. The van der Waals surface area contributed by atoms with E-state index in [1.807, 2.05) is 35.7 Å². The second-order valence-electron chi connectivity index (χ2n) is 9.60. The highest BCUT2D eigenvalue weighted by Crippen LogP contribution is 2.49. The predicted octanol–water partition coefficient (Wildman–Crippen LogP) is 6.68. The van der Waals surface area contributed by atoms with Crippen molar-refractivity contribution in [2.75, 3.05) is 18.1 Å². The second-order valence-corrected chi connectivity index (χ2v) is 12.8. The number of hydrogen-bond donors (Lipinski definition) is 2. The van der Waals surface area contributed by atoms with Crippen molar-refractivity contribution in [1.29, 1.82) is 0 Å². The molecular weight excluding hydrogens is 480 g/mol. The summed E-state index contributed by atoms with van der Waals surface area (Å²) < 4.78 is 5.11. The van der Waals surface area contributed by atoms with Crippen molar-refractivity contribution in [2.45, 2.75) is 107 Å². The molecule has 0 amide bonds. The molecule has 7 heteroatoms. The first-order valence-corrected chi connectivity index (χ1v) is 15.3. The third kappa shape index (κ3) is 13.1. The molecule has 0 unspecified atom stereocenters. The molecule has 0 aromatic heterocycles. The summed E-state index contributed by atoms with van der Waals surface area (Å²) in [6.07, 6.45) is 11.8. The number of aryl methyl sites for hydroxylation is 1. The number of benzene rings is 1. The van der Waals surface area contributed by atoms with E-state index in [0.717, 1.165) is 55.6 Å². The van der Waals surface area contributed by atoms with Gasteiger partial charge in [0.2, 0.25) is 0 Å². The summed E-state index contributed by atoms with van der Waals surface area (Å²) in [6, 6.07) is 7.26. The van der Waals surface area contributed by atoms with Gasteiger partial charge >= 0.3 is 5.97 Å². The Morgan fingerprint density at radius 2 is 1.63 bits per heavy atom. The zero-order valence-corrected chi connectivity index (χ0v) is 23.0. The number of hydrogen-bond acceptors (Lipinski definition) is 7. The standard InChI is InChI=1S/C28H44O5S2/c1-2-3-4-5-6-7-8-9-17-33-27(32)21-25(30)20-26(31)22-28(34-18-10-19-35-28)16-15-23-11-13-24(29)14-12-23/h11-14,26,29,31H,2-10,15-22H2,1H3/t26-/m0/s1. The van der Waals surface area contributed by atoms with Crippen LogP contribution in [0.25, 0.3) is 0 Å². The van der Waals surface area contributed by atoms with Gasteiger partial charge < -0.3 is 14.9 Å². The zero-order chi connectivity index (χ0) is 25.4. The van der Waals surface area contributed by atoms with Crippen molar-refractivity contribution in [2.24, 2.45) is 0 Å². The minimum atomic E-state index is -0.763. The van der Waals surface area contributed by atoms with Crippen LogP contribution in [-0.4, -0.2) is 50.3 Å². The number of unbranched alkanes of at least 4 members (excludes halogenated alkanes) is 7. The number of phenols is 1. The lowest BCUT2D eigenvalue weighted by atomic mass is 10.0. The summed E-state index contributed by atoms with van der Waals surface area (Å²) in [5.74, 6) is 1.63. The molecule has 0 radical (unpaired) electrons. The predicted molar refractivity (Wildman–Crippen MR) is 147 cm³/mol. The van der Waals surface area contributed by atoms with Gasteiger partial charge in [0.25, 0.3) is 0 Å². The van der Waals surface area contributed by atoms with Crippen LogP contribution >= 0.6 is 23.5 Å². The fourth-order valence-electron chi connectivity index (χ4n) is 4.38. The minimum Gasteiger partial charge on any atom is -0.508 e. The highest BCUT2D eigenvalue weighted by atomic mass is 32.2. The summed E-state index contributed by atoms with van der Waals surface area (Å²) in [4.78, 5) is 24.4. The highest BCUT2D eigenvalue weighted by Gasteiger charge is 2.36. The maximum absolute atomic E-state index is 12.4. The molecule has 2 rings (SSSR count). The van der Waals surface area contributed by atoms with Crippen molar-refractivity contribution in [3.8, 4) is 5.75 Å². The topological polar surface area (TPSA) is 83.8 Å². The van der Waals surface area contributed by atoms with Gasteiger partial charge in [-0.2, -0.15) is 0 Å². The molecule has 1 atom stereocenters. The number of phenolic OH excluding ortho intramolecular Hbond substituents is 1. The van der Waals surface area contributed by atoms with Crippen LogP contribution in [0.1, 0.15) is 96.0 Å². The number of ether oxygens (including phenoxy) is 1. The van der Waals surface area contributed by atoms with E-state index in [1.54, 1.807) is 12.1 Å². The van der Waals surface area contributed by atoms with Crippen molar-refractivity contribution in [1.82, 2.24) is 0 Å². The normalized spacial score (nSPS) is 16.1. The molecule has 0 bridgehead atoms. The smallest absolute Gasteiger partial charge is 0.313 e. The Hall–Kier alpha value is -1.18. The minimum absolute atomic E-state index is 0.00502. The number of aliphatic hydroxyl groups is 1. The van der Waals surface area contributed by atoms with E-state index in [-0.39, 0.29) is 28.5 Å². The van der Waals surface area contributed by atoms with Gasteiger partial charge in [0.05, 0.1) is 16.8 Å². The molecule has 1 aromatic rings. The number of carbonyl (C=O) groups is 2. The average molecular weight is 525 g/mol. The molecular formula is C28H44O5S2. The Balaban J connectivity index is 1.66. The largest absolute Gasteiger partial charge is 0.508 e. The molecule has 5 nitrogen and oxygen atoms in total. The zero-order valence-electron chi connectivity index (χ0n) is 21.3. The molecule has 1 fully saturated rings. The highest BCUT2D eigenvalue weighted by molar-refractivity contribution is 8.18. The molecule has 1 heterocycles. The van der Waals surface area contributed by atoms with Crippen LogP contribution in [0.3, 0.4) is 0 Å². The maximum atomic E-state index is 12.4. The Bertz CT molecular complexity index is 731. The number of carbonyl (C=O) groups excluding carboxylic acids is 2. The Labute approximate surface area is 220 Å². The maximum Gasteiger partial charge on any atom is 0.313 e. The number of ketones is 1. The van der Waals surface area contributed by atoms with Crippen LogP contribution in [0.4, 0.5) is 0 Å². The Morgan fingerprint density at radius 3 is 2.29 bits per heavy atom. The summed E-state index contributed by atoms with van der Waals surface area (Å²) in [7, 11) is 0. The van der Waals surface area contributed by atoms with Crippen LogP contribution in [0.2, 0.25) is 0 Å². The van der Waals surface area contributed by atoms with E-state index in [0.29, 0.717) is 13.0 Å². The van der Waals surface area contributed by atoms with Gasteiger partial charge in [-0.3, -0.25) is 9.59 Å². The molecule has 0 spiro atoms. The lowest BCUT2D eigenvalue weighted by Crippen LogP contribution is -2.32. The molecule has 198 valence electrons. The van der Waals surface area contributed by atoms with E-state index in [1.165, 1.54) is 32.1 Å². The number of Topliss-reactive ketones (excluding diaryl/α,β-unsaturated/α-hetero) is 1. The van der Waals surface area contributed by atoms with Gasteiger partial charge in [-0.25, -0.2) is 0 Å². The summed E-state index contributed by atoms with van der Waals surface area (Å²) in [6.45, 7) is 2.59. The van der Waals surface area contributed by atoms with Gasteiger partial charge in [-0.1, -0.05) is 64.0 Å². The lowest BCUT2D eigenvalue weighted by Gasteiger charge is -2.37. The first-order valence-electron chi connectivity index (χ1n) is 13.3. The van der Waals surface area contributed by atoms with Gasteiger partial charge in [-0.05, 0) is 61.3 Å². The number of aliphatic hydroxyl groups excluding tert-OH is 1. The molecule has 0 saturated carbocycles. The lowest BCUT2D eigenvalue weighted by molar-refractivity contribution is -0.146. The van der Waals surface area contributed by atoms with Crippen molar-refractivity contribution in [3.05, 3.63) is 29.8 Å². The van der Waals surface area contributed by atoms with Gasteiger partial charge in [0.15, 0.2) is 0 Å². The third-order valence-electron chi connectivity index (χ3n) is 6.36. The summed E-state index contributed by atoms with van der Waals surface area (Å²) >= 11 is 3.75. The number of esters is 1. The van der Waals surface area contributed by atoms with E-state index in [9.17, 15) is 19.8 Å². The fourth-order valence-corrected chi connectivity index (χ4v) is 7.83.